The summed E-state index contributed by atoms with van der Waals surface area (Å²) in [6.45, 7) is 2.03. The van der Waals surface area contributed by atoms with Crippen molar-refractivity contribution in [2.24, 2.45) is 7.05 Å². The standard InChI is InChI=1S/C23H18F2N4OS.C20H16F2N2OS/c1-29-12-26-11-19(29)14-9-8-13-4-2-7-18-21(15(13)10-14)31-23(27-18)22(30)28-20-16(24)5-3-6-17(20)25;1-11-8-9-12-4-2-7-16-18(13(12)10-11)26-20(23-16)19(25)24-17-14(21)5-3-6-15(17)22/h3,5-6,8-12H,2,4,7H2,1H3,(H,28,30);3,5-6,8-10H,2,4,7H2,1H3,(H,24,25). The van der Waals surface area contributed by atoms with E-state index in [1.165, 1.54) is 45.9 Å². The number of benzene rings is 4. The molecule has 2 N–H and O–H groups in total. The summed E-state index contributed by atoms with van der Waals surface area (Å²) in [6, 6.07) is 19.5. The summed E-state index contributed by atoms with van der Waals surface area (Å²) in [7, 11) is 1.94. The number of imidazole rings is 1. The first-order valence-corrected chi connectivity index (χ1v) is 19.9. The molecule has 9 rings (SSSR count). The third-order valence-electron chi connectivity index (χ3n) is 9.88. The average molecular weight is 807 g/mol. The fourth-order valence-corrected chi connectivity index (χ4v) is 9.16. The number of rotatable bonds is 5. The van der Waals surface area contributed by atoms with Crippen LogP contribution >= 0.6 is 22.7 Å². The van der Waals surface area contributed by atoms with Crippen molar-refractivity contribution >= 4 is 45.9 Å². The van der Waals surface area contributed by atoms with Gasteiger partial charge in [-0.3, -0.25) is 9.59 Å². The number of nitrogens with one attached hydrogen (secondary N) is 2. The summed E-state index contributed by atoms with van der Waals surface area (Å²) in [5.41, 5.74) is 8.55. The molecule has 7 aromatic rings. The van der Waals surface area contributed by atoms with Gasteiger partial charge in [-0.05, 0) is 98.0 Å². The summed E-state index contributed by atoms with van der Waals surface area (Å²) < 4.78 is 57.4. The summed E-state index contributed by atoms with van der Waals surface area (Å²) in [6.07, 6.45) is 8.85. The van der Waals surface area contributed by atoms with Crippen LogP contribution in [0.1, 0.15) is 60.5 Å². The van der Waals surface area contributed by atoms with Gasteiger partial charge in [-0.25, -0.2) is 32.5 Å². The Labute approximate surface area is 333 Å². The van der Waals surface area contributed by atoms with E-state index < -0.39 is 46.5 Å². The largest absolute Gasteiger partial charge is 0.334 e. The minimum atomic E-state index is -0.822. The van der Waals surface area contributed by atoms with E-state index in [0.717, 1.165) is 112 Å². The zero-order chi connectivity index (χ0) is 39.8. The molecule has 14 heteroatoms. The molecule has 0 unspecified atom stereocenters. The Balaban J connectivity index is 0.000000162. The Morgan fingerprint density at radius 3 is 1.65 bits per heavy atom. The Kier molecular flexibility index (Phi) is 10.6. The first-order valence-electron chi connectivity index (χ1n) is 18.2. The maximum atomic E-state index is 13.9. The number of fused-ring (bicyclic) bond motifs is 6. The van der Waals surface area contributed by atoms with Crippen molar-refractivity contribution < 1.29 is 27.2 Å². The van der Waals surface area contributed by atoms with Gasteiger partial charge in [0.2, 0.25) is 0 Å². The van der Waals surface area contributed by atoms with E-state index in [4.69, 9.17) is 0 Å². The van der Waals surface area contributed by atoms with Gasteiger partial charge in [0.05, 0.1) is 39.4 Å². The maximum absolute atomic E-state index is 13.9. The van der Waals surface area contributed by atoms with E-state index in [0.29, 0.717) is 0 Å². The van der Waals surface area contributed by atoms with E-state index in [9.17, 15) is 27.2 Å². The smallest absolute Gasteiger partial charge is 0.284 e. The summed E-state index contributed by atoms with van der Waals surface area (Å²) in [5, 5.41) is 5.05. The van der Waals surface area contributed by atoms with Crippen molar-refractivity contribution in [3.63, 3.8) is 0 Å². The molecule has 0 spiro atoms. The number of hydrogen-bond donors (Lipinski definition) is 2. The highest BCUT2D eigenvalue weighted by atomic mass is 32.1. The molecule has 0 radical (unpaired) electrons. The van der Waals surface area contributed by atoms with Crippen molar-refractivity contribution in [3.8, 4) is 32.1 Å². The highest BCUT2D eigenvalue weighted by molar-refractivity contribution is 7.17. The number of thiazole rings is 2. The first-order chi connectivity index (χ1) is 27.5. The van der Waals surface area contributed by atoms with Crippen LogP contribution in [0.15, 0.2) is 85.3 Å². The Bertz CT molecular complexity index is 2650. The topological polar surface area (TPSA) is 102 Å². The first kappa shape index (κ1) is 37.9. The highest BCUT2D eigenvalue weighted by Crippen LogP contribution is 2.40. The van der Waals surface area contributed by atoms with Crippen LogP contribution in [-0.2, 0) is 32.7 Å². The number of aromatic nitrogens is 4. The fourth-order valence-electron chi connectivity index (χ4n) is 7.04. The van der Waals surface area contributed by atoms with Crippen LogP contribution in [-0.4, -0.2) is 31.3 Å². The molecule has 2 amide bonds. The molecule has 0 fully saturated rings. The fraction of sp³-hybridized carbons (Fsp3) is 0.186. The van der Waals surface area contributed by atoms with Gasteiger partial charge in [0.1, 0.15) is 34.6 Å². The van der Waals surface area contributed by atoms with Crippen molar-refractivity contribution in [1.82, 2.24) is 19.5 Å². The van der Waals surface area contributed by atoms with Crippen LogP contribution in [0.3, 0.4) is 0 Å². The van der Waals surface area contributed by atoms with E-state index in [1.807, 2.05) is 24.7 Å². The third kappa shape index (κ3) is 7.74. The SMILES string of the molecule is Cc1ccc2c(c1)-c1sc(C(=O)Nc3c(F)cccc3F)nc1CCC2.Cn1cncc1-c1ccc2c(c1)-c1sc(C(=O)Nc3c(F)cccc3F)nc1CCC2. The Morgan fingerprint density at radius 2 is 1.16 bits per heavy atom. The number of carbonyl (C=O) groups excluding carboxylic acids is 2. The monoisotopic (exact) mass is 806 g/mol. The average Bonchev–Trinajstić information content (AvgIpc) is 3.89. The molecule has 2 aliphatic rings. The molecular formula is C43H34F4N6O2S2. The molecule has 3 heterocycles. The predicted octanol–water partition coefficient (Wildman–Crippen LogP) is 10.4. The predicted molar refractivity (Wildman–Crippen MR) is 215 cm³/mol. The molecule has 288 valence electrons. The summed E-state index contributed by atoms with van der Waals surface area (Å²) in [4.78, 5) is 40.3. The van der Waals surface area contributed by atoms with Gasteiger partial charge in [-0.1, -0.05) is 48.0 Å². The van der Waals surface area contributed by atoms with Gasteiger partial charge in [-0.2, -0.15) is 0 Å². The van der Waals surface area contributed by atoms with E-state index in [-0.39, 0.29) is 10.0 Å². The van der Waals surface area contributed by atoms with E-state index in [1.54, 1.807) is 6.33 Å². The Hall–Kier alpha value is -5.99. The summed E-state index contributed by atoms with van der Waals surface area (Å²) >= 11 is 2.52. The molecule has 0 bridgehead atoms. The van der Waals surface area contributed by atoms with Gasteiger partial charge >= 0.3 is 0 Å². The van der Waals surface area contributed by atoms with Crippen molar-refractivity contribution in [2.75, 3.05) is 10.6 Å². The van der Waals surface area contributed by atoms with Crippen molar-refractivity contribution in [3.05, 3.63) is 147 Å². The van der Waals surface area contributed by atoms with E-state index in [2.05, 4.69) is 62.0 Å². The molecule has 57 heavy (non-hydrogen) atoms. The number of para-hydroxylation sites is 2. The molecule has 2 aliphatic carbocycles. The zero-order valence-corrected chi connectivity index (χ0v) is 32.4. The second-order valence-corrected chi connectivity index (χ2v) is 15.8. The molecule has 0 saturated carbocycles. The number of carbonyl (C=O) groups is 2. The molecule has 3 aromatic heterocycles. The highest BCUT2D eigenvalue weighted by Gasteiger charge is 2.25. The number of anilines is 2. The quantitative estimate of drug-likeness (QED) is 0.169. The number of hydrogen-bond acceptors (Lipinski definition) is 7. The molecule has 0 aliphatic heterocycles. The normalized spacial score (nSPS) is 12.8. The lowest BCUT2D eigenvalue weighted by molar-refractivity contribution is 0.101. The Morgan fingerprint density at radius 1 is 0.667 bits per heavy atom. The van der Waals surface area contributed by atoms with Crippen LogP contribution in [0.4, 0.5) is 28.9 Å². The van der Waals surface area contributed by atoms with Gasteiger partial charge in [0.15, 0.2) is 10.0 Å². The van der Waals surface area contributed by atoms with Crippen LogP contribution in [0, 0.1) is 30.2 Å². The number of nitrogens with zero attached hydrogens (tertiary/aromatic N) is 4. The maximum Gasteiger partial charge on any atom is 0.284 e. The third-order valence-corrected chi connectivity index (χ3v) is 12.1. The molecule has 0 saturated heterocycles. The second-order valence-electron chi connectivity index (χ2n) is 13.8. The van der Waals surface area contributed by atoms with Gasteiger partial charge in [0.25, 0.3) is 11.8 Å². The van der Waals surface area contributed by atoms with Crippen molar-refractivity contribution in [2.45, 2.75) is 45.4 Å². The van der Waals surface area contributed by atoms with Crippen LogP contribution in [0.2, 0.25) is 0 Å². The van der Waals surface area contributed by atoms with E-state index >= 15 is 0 Å². The minimum absolute atomic E-state index is 0.187. The lowest BCUT2D eigenvalue weighted by Gasteiger charge is -2.09. The lowest BCUT2D eigenvalue weighted by atomic mass is 10.00. The summed E-state index contributed by atoms with van der Waals surface area (Å²) in [5.74, 6) is -4.47. The molecule has 8 nitrogen and oxygen atoms in total. The van der Waals surface area contributed by atoms with Gasteiger partial charge in [-0.15, -0.1) is 22.7 Å². The zero-order valence-electron chi connectivity index (χ0n) is 30.8. The van der Waals surface area contributed by atoms with Crippen LogP contribution < -0.4 is 10.6 Å². The van der Waals surface area contributed by atoms with Gasteiger partial charge in [0, 0.05) is 12.6 Å². The number of amides is 2. The van der Waals surface area contributed by atoms with Crippen LogP contribution in [0.25, 0.3) is 32.1 Å². The molecule has 4 aromatic carbocycles. The number of halogens is 4. The molecule has 0 atom stereocenters. The molecular weight excluding hydrogens is 773 g/mol. The van der Waals surface area contributed by atoms with Crippen LogP contribution in [0.5, 0.6) is 0 Å². The lowest BCUT2D eigenvalue weighted by Crippen LogP contribution is -2.14. The minimum Gasteiger partial charge on any atom is -0.334 e. The second kappa shape index (κ2) is 15.9. The van der Waals surface area contributed by atoms with Crippen molar-refractivity contribution in [1.29, 1.82) is 0 Å². The number of aryl methyl sites for hydroxylation is 6. The van der Waals surface area contributed by atoms with Gasteiger partial charge < -0.3 is 15.2 Å².